The molecule has 0 fully saturated rings. The molecule has 0 aliphatic heterocycles. The van der Waals surface area contributed by atoms with Crippen LogP contribution in [0.25, 0.3) is 0 Å². The van der Waals surface area contributed by atoms with Crippen molar-refractivity contribution in [2.45, 2.75) is 6.54 Å². The van der Waals surface area contributed by atoms with E-state index in [0.29, 0.717) is 29.7 Å². The first-order valence-electron chi connectivity index (χ1n) is 5.45. The minimum absolute atomic E-state index is 0.0121. The fourth-order valence-electron chi connectivity index (χ4n) is 1.64. The van der Waals surface area contributed by atoms with Crippen molar-refractivity contribution in [2.75, 3.05) is 19.7 Å². The van der Waals surface area contributed by atoms with Crippen LogP contribution >= 0.6 is 15.9 Å². The van der Waals surface area contributed by atoms with Crippen molar-refractivity contribution in [3.05, 3.63) is 51.0 Å². The van der Waals surface area contributed by atoms with Crippen molar-refractivity contribution in [2.24, 2.45) is 0 Å². The molecule has 18 heavy (non-hydrogen) atoms. The highest BCUT2D eigenvalue weighted by molar-refractivity contribution is 9.10. The first-order chi connectivity index (χ1) is 8.58. The molecule has 0 unspecified atom stereocenters. The summed E-state index contributed by atoms with van der Waals surface area (Å²) in [5, 5.41) is 19.9. The van der Waals surface area contributed by atoms with Gasteiger partial charge in [0.1, 0.15) is 0 Å². The molecule has 1 aromatic carbocycles. The predicted octanol–water partition coefficient (Wildman–Crippen LogP) is 2.34. The van der Waals surface area contributed by atoms with Gasteiger partial charge in [-0.2, -0.15) is 0 Å². The Balaban J connectivity index is 2.93. The number of aliphatic hydroxyl groups is 1. The lowest BCUT2D eigenvalue weighted by molar-refractivity contribution is -0.385. The molecule has 5 nitrogen and oxygen atoms in total. The first-order valence-corrected chi connectivity index (χ1v) is 6.24. The van der Waals surface area contributed by atoms with E-state index in [4.69, 9.17) is 5.11 Å². The van der Waals surface area contributed by atoms with E-state index in [-0.39, 0.29) is 12.3 Å². The standard InChI is InChI=1S/C12H15BrN2O3/c1-2-5-14(6-7-16)9-10-3-4-11(13)8-12(10)15(17)18/h2-4,8,16H,1,5-7,9H2. The van der Waals surface area contributed by atoms with Gasteiger partial charge in [-0.05, 0) is 12.1 Å². The largest absolute Gasteiger partial charge is 0.395 e. The summed E-state index contributed by atoms with van der Waals surface area (Å²) in [4.78, 5) is 12.5. The van der Waals surface area contributed by atoms with Gasteiger partial charge in [0, 0.05) is 35.7 Å². The van der Waals surface area contributed by atoms with Crippen molar-refractivity contribution in [1.82, 2.24) is 4.90 Å². The molecule has 0 saturated heterocycles. The maximum atomic E-state index is 11.0. The van der Waals surface area contributed by atoms with Gasteiger partial charge < -0.3 is 5.11 Å². The third-order valence-corrected chi connectivity index (χ3v) is 2.93. The molecule has 0 amide bonds. The van der Waals surface area contributed by atoms with Crippen LogP contribution in [0.3, 0.4) is 0 Å². The molecule has 0 spiro atoms. The van der Waals surface area contributed by atoms with Crippen LogP contribution in [0, 0.1) is 10.1 Å². The number of nitro groups is 1. The van der Waals surface area contributed by atoms with Crippen molar-refractivity contribution in [3.63, 3.8) is 0 Å². The minimum atomic E-state index is -0.398. The zero-order chi connectivity index (χ0) is 13.5. The fourth-order valence-corrected chi connectivity index (χ4v) is 1.99. The molecule has 0 aliphatic rings. The van der Waals surface area contributed by atoms with Gasteiger partial charge in [-0.3, -0.25) is 15.0 Å². The molecule has 1 rings (SSSR count). The number of nitro benzene ring substituents is 1. The van der Waals surface area contributed by atoms with Crippen LogP contribution in [-0.4, -0.2) is 34.6 Å². The smallest absolute Gasteiger partial charge is 0.275 e. The Labute approximate surface area is 114 Å². The highest BCUT2D eigenvalue weighted by atomic mass is 79.9. The van der Waals surface area contributed by atoms with E-state index in [0.717, 1.165) is 0 Å². The monoisotopic (exact) mass is 314 g/mol. The molecular formula is C12H15BrN2O3. The lowest BCUT2D eigenvalue weighted by Crippen LogP contribution is -2.26. The third-order valence-electron chi connectivity index (χ3n) is 2.44. The van der Waals surface area contributed by atoms with Crippen molar-refractivity contribution in [3.8, 4) is 0 Å². The topological polar surface area (TPSA) is 66.6 Å². The van der Waals surface area contributed by atoms with Crippen LogP contribution in [0.4, 0.5) is 5.69 Å². The van der Waals surface area contributed by atoms with E-state index in [9.17, 15) is 10.1 Å². The molecule has 0 bridgehead atoms. The molecule has 0 aromatic heterocycles. The zero-order valence-corrected chi connectivity index (χ0v) is 11.5. The van der Waals surface area contributed by atoms with E-state index in [1.165, 1.54) is 6.07 Å². The number of benzene rings is 1. The number of nitrogens with zero attached hydrogens (tertiary/aromatic N) is 2. The lowest BCUT2D eigenvalue weighted by atomic mass is 10.1. The molecule has 0 heterocycles. The van der Waals surface area contributed by atoms with Crippen LogP contribution in [-0.2, 0) is 6.54 Å². The fraction of sp³-hybridized carbons (Fsp3) is 0.333. The average Bonchev–Trinajstić information content (AvgIpc) is 2.32. The summed E-state index contributed by atoms with van der Waals surface area (Å²) in [5.74, 6) is 0. The molecule has 1 N–H and O–H groups in total. The summed E-state index contributed by atoms with van der Waals surface area (Å²) in [5.41, 5.74) is 0.704. The number of aliphatic hydroxyl groups excluding tert-OH is 1. The van der Waals surface area contributed by atoms with E-state index < -0.39 is 4.92 Å². The SMILES string of the molecule is C=CCN(CCO)Cc1ccc(Br)cc1[N+](=O)[O-]. The quantitative estimate of drug-likeness (QED) is 0.476. The van der Waals surface area contributed by atoms with Crippen molar-refractivity contribution >= 4 is 21.6 Å². The van der Waals surface area contributed by atoms with Crippen LogP contribution in [0.2, 0.25) is 0 Å². The maximum absolute atomic E-state index is 11.0. The van der Waals surface area contributed by atoms with E-state index >= 15 is 0 Å². The minimum Gasteiger partial charge on any atom is -0.395 e. The molecule has 0 saturated carbocycles. The Bertz CT molecular complexity index is 437. The summed E-state index contributed by atoms with van der Waals surface area (Å²) in [6.45, 7) is 5.09. The number of hydrogen-bond donors (Lipinski definition) is 1. The van der Waals surface area contributed by atoms with Gasteiger partial charge >= 0.3 is 0 Å². The second-order valence-electron chi connectivity index (χ2n) is 3.78. The zero-order valence-electron chi connectivity index (χ0n) is 9.88. The van der Waals surface area contributed by atoms with Crippen molar-refractivity contribution < 1.29 is 10.0 Å². The molecule has 98 valence electrons. The summed E-state index contributed by atoms with van der Waals surface area (Å²) in [7, 11) is 0. The maximum Gasteiger partial charge on any atom is 0.275 e. The predicted molar refractivity (Wildman–Crippen MR) is 73.4 cm³/mol. The molecular weight excluding hydrogens is 300 g/mol. The number of hydrogen-bond acceptors (Lipinski definition) is 4. The second-order valence-corrected chi connectivity index (χ2v) is 4.69. The Hall–Kier alpha value is -1.24. The highest BCUT2D eigenvalue weighted by Gasteiger charge is 2.16. The van der Waals surface area contributed by atoms with Gasteiger partial charge in [-0.15, -0.1) is 6.58 Å². The highest BCUT2D eigenvalue weighted by Crippen LogP contribution is 2.24. The Morgan fingerprint density at radius 2 is 2.28 bits per heavy atom. The second kappa shape index (κ2) is 7.25. The van der Waals surface area contributed by atoms with Crippen molar-refractivity contribution in [1.29, 1.82) is 0 Å². The van der Waals surface area contributed by atoms with Crippen LogP contribution < -0.4 is 0 Å². The first kappa shape index (κ1) is 14.8. The Kier molecular flexibility index (Phi) is 5.97. The summed E-state index contributed by atoms with van der Waals surface area (Å²) in [6.07, 6.45) is 1.71. The normalized spacial score (nSPS) is 10.6. The summed E-state index contributed by atoms with van der Waals surface area (Å²) in [6, 6.07) is 4.98. The van der Waals surface area contributed by atoms with E-state index in [1.54, 1.807) is 18.2 Å². The molecule has 0 radical (unpaired) electrons. The Morgan fingerprint density at radius 1 is 1.56 bits per heavy atom. The van der Waals surface area contributed by atoms with Crippen LogP contribution in [0.5, 0.6) is 0 Å². The van der Waals surface area contributed by atoms with Crippen LogP contribution in [0.15, 0.2) is 35.3 Å². The van der Waals surface area contributed by atoms with E-state index in [1.807, 2.05) is 4.90 Å². The van der Waals surface area contributed by atoms with Gasteiger partial charge in [-0.25, -0.2) is 0 Å². The third kappa shape index (κ3) is 4.21. The number of halogens is 1. The lowest BCUT2D eigenvalue weighted by Gasteiger charge is -2.19. The van der Waals surface area contributed by atoms with Gasteiger partial charge in [0.25, 0.3) is 5.69 Å². The van der Waals surface area contributed by atoms with Gasteiger partial charge in [0.2, 0.25) is 0 Å². The molecule has 6 heteroatoms. The van der Waals surface area contributed by atoms with Gasteiger partial charge in [0.05, 0.1) is 11.5 Å². The average molecular weight is 315 g/mol. The van der Waals surface area contributed by atoms with Crippen LogP contribution in [0.1, 0.15) is 5.56 Å². The van der Waals surface area contributed by atoms with E-state index in [2.05, 4.69) is 22.5 Å². The summed E-state index contributed by atoms with van der Waals surface area (Å²) >= 11 is 3.22. The molecule has 1 aromatic rings. The number of rotatable bonds is 7. The van der Waals surface area contributed by atoms with Gasteiger partial charge in [-0.1, -0.05) is 22.0 Å². The molecule has 0 atom stereocenters. The van der Waals surface area contributed by atoms with Gasteiger partial charge in [0.15, 0.2) is 0 Å². The summed E-state index contributed by atoms with van der Waals surface area (Å²) < 4.78 is 0.676. The molecule has 0 aliphatic carbocycles. The Morgan fingerprint density at radius 3 is 2.83 bits per heavy atom.